The summed E-state index contributed by atoms with van der Waals surface area (Å²) in [6.07, 6.45) is 0.536. The maximum atomic E-state index is 11.4. The molecule has 0 bridgehead atoms. The molecule has 0 saturated heterocycles. The molecule has 0 fully saturated rings. The van der Waals surface area contributed by atoms with E-state index in [2.05, 4.69) is 0 Å². The van der Waals surface area contributed by atoms with Crippen LogP contribution < -0.4 is 0 Å². The molecule has 0 aliphatic rings. The third-order valence-corrected chi connectivity index (χ3v) is 4.04. The molecule has 0 spiro atoms. The molecule has 0 radical (unpaired) electrons. The van der Waals surface area contributed by atoms with Crippen LogP contribution in [0.4, 0.5) is 0 Å². The molecule has 2 nitrogen and oxygen atoms in total. The number of carboxylic acids is 1. The van der Waals surface area contributed by atoms with Gasteiger partial charge in [-0.25, -0.2) is 0 Å². The molecular formula is C16H16O2S. The SMILES string of the molecule is Cc1ccc(S[C@H](Cc2ccccc2)C(=O)O)cc1. The van der Waals surface area contributed by atoms with Gasteiger partial charge in [0.25, 0.3) is 0 Å². The number of thioether (sulfide) groups is 1. The topological polar surface area (TPSA) is 37.3 Å². The van der Waals surface area contributed by atoms with Gasteiger partial charge in [-0.3, -0.25) is 4.79 Å². The zero-order chi connectivity index (χ0) is 13.7. The van der Waals surface area contributed by atoms with E-state index in [1.54, 1.807) is 0 Å². The quantitative estimate of drug-likeness (QED) is 0.842. The molecule has 1 atom stereocenters. The lowest BCUT2D eigenvalue weighted by atomic mass is 10.1. The molecule has 0 heterocycles. The van der Waals surface area contributed by atoms with Crippen molar-refractivity contribution < 1.29 is 9.90 Å². The van der Waals surface area contributed by atoms with Gasteiger partial charge in [0.15, 0.2) is 0 Å². The van der Waals surface area contributed by atoms with E-state index in [0.29, 0.717) is 6.42 Å². The zero-order valence-electron chi connectivity index (χ0n) is 10.7. The number of hydrogen-bond donors (Lipinski definition) is 1. The Morgan fingerprint density at radius 3 is 2.32 bits per heavy atom. The second-order valence-electron chi connectivity index (χ2n) is 4.45. The fourth-order valence-electron chi connectivity index (χ4n) is 1.79. The standard InChI is InChI=1S/C16H16O2S/c1-12-7-9-14(10-8-12)19-15(16(17)18)11-13-5-3-2-4-6-13/h2-10,15H,11H2,1H3,(H,17,18)/t15-/m1/s1. The lowest BCUT2D eigenvalue weighted by Crippen LogP contribution is -2.19. The maximum absolute atomic E-state index is 11.4. The monoisotopic (exact) mass is 272 g/mol. The normalized spacial score (nSPS) is 12.1. The smallest absolute Gasteiger partial charge is 0.317 e. The summed E-state index contributed by atoms with van der Waals surface area (Å²) in [6, 6.07) is 17.7. The van der Waals surface area contributed by atoms with Crippen LogP contribution in [0.3, 0.4) is 0 Å². The lowest BCUT2D eigenvalue weighted by molar-refractivity contribution is -0.136. The van der Waals surface area contributed by atoms with Crippen LogP contribution in [0.5, 0.6) is 0 Å². The van der Waals surface area contributed by atoms with Crippen molar-refractivity contribution in [1.29, 1.82) is 0 Å². The average Bonchev–Trinajstić information content (AvgIpc) is 2.41. The first kappa shape index (κ1) is 13.7. The fourth-order valence-corrected chi connectivity index (χ4v) is 2.79. The molecule has 0 saturated carbocycles. The maximum Gasteiger partial charge on any atom is 0.317 e. The van der Waals surface area contributed by atoms with Gasteiger partial charge in [0.1, 0.15) is 5.25 Å². The van der Waals surface area contributed by atoms with Crippen LogP contribution in [-0.4, -0.2) is 16.3 Å². The van der Waals surface area contributed by atoms with Crippen LogP contribution in [0.15, 0.2) is 59.5 Å². The van der Waals surface area contributed by atoms with Crippen LogP contribution in [-0.2, 0) is 11.2 Å². The number of rotatable bonds is 5. The summed E-state index contributed by atoms with van der Waals surface area (Å²) in [5.41, 5.74) is 2.23. The Kier molecular flexibility index (Phi) is 4.63. The third kappa shape index (κ3) is 4.14. The highest BCUT2D eigenvalue weighted by molar-refractivity contribution is 8.00. The van der Waals surface area contributed by atoms with Crippen molar-refractivity contribution in [2.45, 2.75) is 23.5 Å². The van der Waals surface area contributed by atoms with Gasteiger partial charge in [0.05, 0.1) is 0 Å². The number of carbonyl (C=O) groups is 1. The number of benzene rings is 2. The van der Waals surface area contributed by atoms with Crippen molar-refractivity contribution in [1.82, 2.24) is 0 Å². The van der Waals surface area contributed by atoms with E-state index in [0.717, 1.165) is 10.5 Å². The van der Waals surface area contributed by atoms with Crippen LogP contribution in [0.2, 0.25) is 0 Å². The number of aliphatic carboxylic acids is 1. The van der Waals surface area contributed by atoms with E-state index in [9.17, 15) is 9.90 Å². The summed E-state index contributed by atoms with van der Waals surface area (Å²) in [7, 11) is 0. The number of carboxylic acid groups (broad SMARTS) is 1. The molecule has 2 aromatic carbocycles. The molecule has 2 rings (SSSR count). The van der Waals surface area contributed by atoms with Gasteiger partial charge in [-0.2, -0.15) is 0 Å². The second-order valence-corrected chi connectivity index (χ2v) is 5.72. The largest absolute Gasteiger partial charge is 0.480 e. The third-order valence-electron chi connectivity index (χ3n) is 2.84. The van der Waals surface area contributed by atoms with E-state index in [4.69, 9.17) is 0 Å². The molecule has 0 aliphatic heterocycles. The highest BCUT2D eigenvalue weighted by atomic mass is 32.2. The Labute approximate surface area is 117 Å². The van der Waals surface area contributed by atoms with Crippen molar-refractivity contribution in [2.75, 3.05) is 0 Å². The molecule has 19 heavy (non-hydrogen) atoms. The van der Waals surface area contributed by atoms with Crippen LogP contribution in [0, 0.1) is 6.92 Å². The minimum atomic E-state index is -0.769. The first-order chi connectivity index (χ1) is 9.15. The molecular weight excluding hydrogens is 256 g/mol. The van der Waals surface area contributed by atoms with Gasteiger partial charge in [-0.05, 0) is 31.0 Å². The first-order valence-corrected chi connectivity index (χ1v) is 7.03. The van der Waals surface area contributed by atoms with Gasteiger partial charge < -0.3 is 5.11 Å². The molecule has 2 aromatic rings. The molecule has 98 valence electrons. The van der Waals surface area contributed by atoms with Crippen molar-refractivity contribution in [3.8, 4) is 0 Å². The lowest BCUT2D eigenvalue weighted by Gasteiger charge is -2.12. The van der Waals surface area contributed by atoms with Crippen molar-refractivity contribution in [2.24, 2.45) is 0 Å². The van der Waals surface area contributed by atoms with E-state index in [-0.39, 0.29) is 0 Å². The fraction of sp³-hybridized carbons (Fsp3) is 0.188. The molecule has 0 unspecified atom stereocenters. The summed E-state index contributed by atoms with van der Waals surface area (Å²) in [5.74, 6) is -0.769. The minimum Gasteiger partial charge on any atom is -0.480 e. The summed E-state index contributed by atoms with van der Waals surface area (Å²) >= 11 is 1.40. The predicted molar refractivity (Wildman–Crippen MR) is 78.6 cm³/mol. The van der Waals surface area contributed by atoms with E-state index in [1.807, 2.05) is 61.5 Å². The second kappa shape index (κ2) is 6.43. The highest BCUT2D eigenvalue weighted by Crippen LogP contribution is 2.26. The molecule has 3 heteroatoms. The van der Waals surface area contributed by atoms with Gasteiger partial charge >= 0.3 is 5.97 Å². The first-order valence-electron chi connectivity index (χ1n) is 6.15. The van der Waals surface area contributed by atoms with Gasteiger partial charge in [0, 0.05) is 4.90 Å². The van der Waals surface area contributed by atoms with E-state index >= 15 is 0 Å². The molecule has 0 aromatic heterocycles. The Balaban J connectivity index is 2.08. The Hall–Kier alpha value is -1.74. The van der Waals surface area contributed by atoms with Crippen LogP contribution >= 0.6 is 11.8 Å². The summed E-state index contributed by atoms with van der Waals surface area (Å²) < 4.78 is 0. The minimum absolute atomic E-state index is 0.454. The van der Waals surface area contributed by atoms with Crippen LogP contribution in [0.1, 0.15) is 11.1 Å². The van der Waals surface area contributed by atoms with Crippen molar-refractivity contribution in [3.05, 3.63) is 65.7 Å². The summed E-state index contributed by atoms with van der Waals surface area (Å²) in [6.45, 7) is 2.02. The predicted octanol–water partition coefficient (Wildman–Crippen LogP) is 3.78. The van der Waals surface area contributed by atoms with Crippen molar-refractivity contribution >= 4 is 17.7 Å². The van der Waals surface area contributed by atoms with E-state index in [1.165, 1.54) is 17.3 Å². The van der Waals surface area contributed by atoms with Gasteiger partial charge in [0.2, 0.25) is 0 Å². The Morgan fingerprint density at radius 2 is 1.74 bits per heavy atom. The molecule has 0 amide bonds. The Morgan fingerprint density at radius 1 is 1.11 bits per heavy atom. The Bertz CT molecular complexity index is 534. The van der Waals surface area contributed by atoms with Crippen molar-refractivity contribution in [3.63, 3.8) is 0 Å². The van der Waals surface area contributed by atoms with Gasteiger partial charge in [-0.15, -0.1) is 11.8 Å². The van der Waals surface area contributed by atoms with Gasteiger partial charge in [-0.1, -0.05) is 48.0 Å². The van der Waals surface area contributed by atoms with Crippen LogP contribution in [0.25, 0.3) is 0 Å². The number of hydrogen-bond acceptors (Lipinski definition) is 2. The number of aryl methyl sites for hydroxylation is 1. The molecule has 0 aliphatic carbocycles. The summed E-state index contributed by atoms with van der Waals surface area (Å²) in [5, 5.41) is 8.88. The highest BCUT2D eigenvalue weighted by Gasteiger charge is 2.19. The van der Waals surface area contributed by atoms with E-state index < -0.39 is 11.2 Å². The molecule has 1 N–H and O–H groups in total. The summed E-state index contributed by atoms with van der Waals surface area (Å²) in [4.78, 5) is 12.3. The zero-order valence-corrected chi connectivity index (χ0v) is 11.6. The average molecular weight is 272 g/mol.